The van der Waals surface area contributed by atoms with Gasteiger partial charge in [-0.3, -0.25) is 4.79 Å². The highest BCUT2D eigenvalue weighted by Crippen LogP contribution is 2.12. The molecule has 82 valence electrons. The van der Waals surface area contributed by atoms with E-state index >= 15 is 0 Å². The molecule has 1 aromatic heterocycles. The lowest BCUT2D eigenvalue weighted by atomic mass is 10.1. The van der Waals surface area contributed by atoms with E-state index in [0.29, 0.717) is 5.69 Å². The number of rotatable bonds is 2. The molecule has 0 saturated carbocycles. The monoisotopic (exact) mass is 272 g/mol. The van der Waals surface area contributed by atoms with Crippen LogP contribution in [-0.2, 0) is 4.74 Å². The summed E-state index contributed by atoms with van der Waals surface area (Å²) in [5.41, 5.74) is 0.591. The van der Waals surface area contributed by atoms with Crippen molar-refractivity contribution in [2.75, 3.05) is 13.2 Å². The molecule has 1 aliphatic rings. The van der Waals surface area contributed by atoms with Crippen LogP contribution in [0.2, 0.25) is 0 Å². The lowest BCUT2D eigenvalue weighted by molar-refractivity contribution is 0.0694. The van der Waals surface area contributed by atoms with Crippen LogP contribution in [0.3, 0.4) is 0 Å². The molecule has 1 fully saturated rings. The first-order chi connectivity index (χ1) is 7.25. The number of carbonyl (C=O) groups is 1. The largest absolute Gasteiger partial charge is 0.381 e. The van der Waals surface area contributed by atoms with Crippen molar-refractivity contribution >= 4 is 21.8 Å². The molecule has 0 aliphatic carbocycles. The molecule has 0 spiro atoms. The Morgan fingerprint density at radius 1 is 1.53 bits per heavy atom. The van der Waals surface area contributed by atoms with Gasteiger partial charge < -0.3 is 15.0 Å². The smallest absolute Gasteiger partial charge is 0.267 e. The number of hydrogen-bond acceptors (Lipinski definition) is 2. The summed E-state index contributed by atoms with van der Waals surface area (Å²) in [6.07, 6.45) is 3.54. The van der Waals surface area contributed by atoms with Gasteiger partial charge in [0.1, 0.15) is 5.69 Å². The summed E-state index contributed by atoms with van der Waals surface area (Å²) in [5.74, 6) is -0.0485. The number of ether oxygens (including phenoxy) is 1. The van der Waals surface area contributed by atoms with Gasteiger partial charge in [0.2, 0.25) is 0 Å². The minimum absolute atomic E-state index is 0.0485. The molecule has 0 aromatic carbocycles. The number of aromatic amines is 1. The van der Waals surface area contributed by atoms with Gasteiger partial charge in [-0.25, -0.2) is 0 Å². The minimum Gasteiger partial charge on any atom is -0.381 e. The van der Waals surface area contributed by atoms with Gasteiger partial charge in [-0.15, -0.1) is 0 Å². The van der Waals surface area contributed by atoms with Crippen LogP contribution in [0.1, 0.15) is 23.3 Å². The van der Waals surface area contributed by atoms with Crippen molar-refractivity contribution in [2.24, 2.45) is 0 Å². The van der Waals surface area contributed by atoms with Crippen LogP contribution in [0.15, 0.2) is 16.7 Å². The summed E-state index contributed by atoms with van der Waals surface area (Å²) in [6.45, 7) is 1.47. The SMILES string of the molecule is O=C(NC1CCOCC1)c1cc(Br)c[nH]1. The Hall–Kier alpha value is -0.810. The Morgan fingerprint density at radius 2 is 2.27 bits per heavy atom. The number of hydrogen-bond donors (Lipinski definition) is 2. The van der Waals surface area contributed by atoms with Gasteiger partial charge in [-0.2, -0.15) is 0 Å². The summed E-state index contributed by atoms with van der Waals surface area (Å²) in [5, 5.41) is 2.98. The number of aromatic nitrogens is 1. The summed E-state index contributed by atoms with van der Waals surface area (Å²) < 4.78 is 6.11. The number of H-pyrrole nitrogens is 1. The van der Waals surface area contributed by atoms with E-state index in [-0.39, 0.29) is 11.9 Å². The van der Waals surface area contributed by atoms with E-state index in [4.69, 9.17) is 4.74 Å². The minimum atomic E-state index is -0.0485. The third kappa shape index (κ3) is 2.82. The van der Waals surface area contributed by atoms with E-state index in [1.165, 1.54) is 0 Å². The van der Waals surface area contributed by atoms with E-state index in [1.54, 1.807) is 12.3 Å². The fourth-order valence-corrected chi connectivity index (χ4v) is 1.95. The molecule has 2 rings (SSSR count). The van der Waals surface area contributed by atoms with Gasteiger partial charge in [-0.1, -0.05) is 0 Å². The maximum Gasteiger partial charge on any atom is 0.267 e. The number of amides is 1. The Balaban J connectivity index is 1.91. The van der Waals surface area contributed by atoms with Gasteiger partial charge >= 0.3 is 0 Å². The molecule has 1 aliphatic heterocycles. The molecular formula is C10H13BrN2O2. The third-order valence-electron chi connectivity index (χ3n) is 2.45. The molecule has 4 nitrogen and oxygen atoms in total. The molecule has 1 saturated heterocycles. The number of nitrogens with one attached hydrogen (secondary N) is 2. The van der Waals surface area contributed by atoms with Crippen LogP contribution in [0.5, 0.6) is 0 Å². The van der Waals surface area contributed by atoms with Crippen molar-refractivity contribution in [1.82, 2.24) is 10.3 Å². The highest BCUT2D eigenvalue weighted by atomic mass is 79.9. The Kier molecular flexibility index (Phi) is 3.43. The fraction of sp³-hybridized carbons (Fsp3) is 0.500. The quantitative estimate of drug-likeness (QED) is 0.861. The highest BCUT2D eigenvalue weighted by molar-refractivity contribution is 9.10. The average Bonchev–Trinajstić information content (AvgIpc) is 2.66. The normalized spacial score (nSPS) is 17.7. The molecule has 0 atom stereocenters. The van der Waals surface area contributed by atoms with Gasteiger partial charge in [0, 0.05) is 29.9 Å². The molecule has 0 unspecified atom stereocenters. The molecule has 2 N–H and O–H groups in total. The third-order valence-corrected chi connectivity index (χ3v) is 2.91. The van der Waals surface area contributed by atoms with Crippen LogP contribution in [-0.4, -0.2) is 30.1 Å². The van der Waals surface area contributed by atoms with E-state index < -0.39 is 0 Å². The zero-order chi connectivity index (χ0) is 10.7. The van der Waals surface area contributed by atoms with Crippen molar-refractivity contribution in [3.05, 3.63) is 22.4 Å². The first-order valence-corrected chi connectivity index (χ1v) is 5.77. The van der Waals surface area contributed by atoms with Gasteiger partial charge in [0.15, 0.2) is 0 Å². The van der Waals surface area contributed by atoms with Crippen LogP contribution in [0.4, 0.5) is 0 Å². The first-order valence-electron chi connectivity index (χ1n) is 4.98. The van der Waals surface area contributed by atoms with Crippen molar-refractivity contribution in [3.63, 3.8) is 0 Å². The number of halogens is 1. The second kappa shape index (κ2) is 4.81. The zero-order valence-electron chi connectivity index (χ0n) is 8.25. The lowest BCUT2D eigenvalue weighted by Crippen LogP contribution is -2.39. The van der Waals surface area contributed by atoms with E-state index in [2.05, 4.69) is 26.2 Å². The number of carbonyl (C=O) groups excluding carboxylic acids is 1. The maximum atomic E-state index is 11.7. The average molecular weight is 273 g/mol. The second-order valence-electron chi connectivity index (χ2n) is 3.59. The molecule has 1 amide bonds. The summed E-state index contributed by atoms with van der Waals surface area (Å²) in [4.78, 5) is 14.6. The zero-order valence-corrected chi connectivity index (χ0v) is 9.84. The molecule has 1 aromatic rings. The molecule has 0 radical (unpaired) electrons. The Labute approximate surface area is 96.5 Å². The predicted octanol–water partition coefficient (Wildman–Crippen LogP) is 1.69. The summed E-state index contributed by atoms with van der Waals surface area (Å²) in [6, 6.07) is 2.02. The van der Waals surface area contributed by atoms with Crippen LogP contribution < -0.4 is 5.32 Å². The lowest BCUT2D eigenvalue weighted by Gasteiger charge is -2.22. The molecule has 0 bridgehead atoms. The van der Waals surface area contributed by atoms with Gasteiger partial charge in [0.05, 0.1) is 0 Å². The van der Waals surface area contributed by atoms with Crippen LogP contribution >= 0.6 is 15.9 Å². The fourth-order valence-electron chi connectivity index (χ4n) is 1.60. The standard InChI is InChI=1S/C10H13BrN2O2/c11-7-5-9(12-6-7)10(14)13-8-1-3-15-4-2-8/h5-6,8,12H,1-4H2,(H,13,14). The first kappa shape index (κ1) is 10.7. The van der Waals surface area contributed by atoms with Gasteiger partial charge in [-0.05, 0) is 34.8 Å². The Morgan fingerprint density at radius 3 is 2.87 bits per heavy atom. The van der Waals surface area contributed by atoms with E-state index in [1.807, 2.05) is 0 Å². The molecule has 15 heavy (non-hydrogen) atoms. The molecule has 5 heteroatoms. The van der Waals surface area contributed by atoms with Gasteiger partial charge in [0.25, 0.3) is 5.91 Å². The molecular weight excluding hydrogens is 260 g/mol. The summed E-state index contributed by atoms with van der Waals surface area (Å²) in [7, 11) is 0. The van der Waals surface area contributed by atoms with Crippen molar-refractivity contribution in [3.8, 4) is 0 Å². The predicted molar refractivity (Wildman–Crippen MR) is 59.8 cm³/mol. The van der Waals surface area contributed by atoms with Crippen molar-refractivity contribution < 1.29 is 9.53 Å². The van der Waals surface area contributed by atoms with E-state index in [0.717, 1.165) is 30.5 Å². The summed E-state index contributed by atoms with van der Waals surface area (Å²) >= 11 is 3.29. The van der Waals surface area contributed by atoms with Crippen LogP contribution in [0.25, 0.3) is 0 Å². The van der Waals surface area contributed by atoms with Crippen molar-refractivity contribution in [1.29, 1.82) is 0 Å². The highest BCUT2D eigenvalue weighted by Gasteiger charge is 2.17. The second-order valence-corrected chi connectivity index (χ2v) is 4.51. The van der Waals surface area contributed by atoms with Crippen LogP contribution in [0, 0.1) is 0 Å². The van der Waals surface area contributed by atoms with Crippen molar-refractivity contribution in [2.45, 2.75) is 18.9 Å². The topological polar surface area (TPSA) is 54.1 Å². The van der Waals surface area contributed by atoms with E-state index in [9.17, 15) is 4.79 Å². The maximum absolute atomic E-state index is 11.7. The Bertz CT molecular complexity index is 345. The molecule has 2 heterocycles.